The first kappa shape index (κ1) is 19.0. The summed E-state index contributed by atoms with van der Waals surface area (Å²) in [5.41, 5.74) is 9.14. The van der Waals surface area contributed by atoms with E-state index in [0.29, 0.717) is 16.7 Å². The van der Waals surface area contributed by atoms with Crippen molar-refractivity contribution < 1.29 is 4.21 Å². The lowest BCUT2D eigenvalue weighted by molar-refractivity contribution is 0.580. The van der Waals surface area contributed by atoms with E-state index in [1.165, 1.54) is 12.8 Å². The third-order valence-electron chi connectivity index (χ3n) is 5.19. The van der Waals surface area contributed by atoms with Gasteiger partial charge >= 0.3 is 0 Å². The van der Waals surface area contributed by atoms with Crippen LogP contribution in [0.15, 0.2) is 29.8 Å². The Hall–Kier alpha value is -2.35. The summed E-state index contributed by atoms with van der Waals surface area (Å²) in [7, 11) is -1.12. The van der Waals surface area contributed by atoms with Gasteiger partial charge in [-0.1, -0.05) is 6.42 Å². The molecule has 4 rings (SSSR count). The Morgan fingerprint density at radius 3 is 2.71 bits per heavy atom. The summed E-state index contributed by atoms with van der Waals surface area (Å²) in [5.74, 6) is 2.99. The van der Waals surface area contributed by atoms with E-state index in [-0.39, 0.29) is 0 Å². The molecule has 2 N–H and O–H groups in total. The molecule has 3 aromatic heterocycles. The predicted octanol–water partition coefficient (Wildman–Crippen LogP) is 3.04. The normalized spacial score (nSPS) is 15.2. The van der Waals surface area contributed by atoms with E-state index in [1.807, 2.05) is 6.20 Å². The van der Waals surface area contributed by atoms with Gasteiger partial charge in [-0.3, -0.25) is 4.21 Å². The number of imidazole rings is 1. The number of unbranched alkanes of at least 4 members (excludes halogenated alkanes) is 2. The number of hydrogen-bond donors (Lipinski definition) is 1. The van der Waals surface area contributed by atoms with Gasteiger partial charge in [0.2, 0.25) is 5.16 Å². The molecule has 1 saturated carbocycles. The highest BCUT2D eigenvalue weighted by atomic mass is 32.2. The smallest absolute Gasteiger partial charge is 0.218 e. The molecular formula is C20H26N6OS. The van der Waals surface area contributed by atoms with Crippen molar-refractivity contribution in [2.75, 3.05) is 11.5 Å². The first-order valence-electron chi connectivity index (χ1n) is 9.89. The van der Waals surface area contributed by atoms with Crippen molar-refractivity contribution in [3.63, 3.8) is 0 Å². The SMILES string of the molecule is Cc1cnc(N)c2nc(CC3CC3)n(CCCCCS(=O)c3ncccn3)c12. The largest absolute Gasteiger partial charge is 0.382 e. The van der Waals surface area contributed by atoms with Crippen LogP contribution < -0.4 is 5.73 Å². The Balaban J connectivity index is 1.40. The molecule has 0 saturated heterocycles. The zero-order valence-electron chi connectivity index (χ0n) is 16.2. The number of fused-ring (bicyclic) bond motifs is 1. The Labute approximate surface area is 167 Å². The molecule has 8 heteroatoms. The maximum Gasteiger partial charge on any atom is 0.218 e. The molecule has 0 aromatic carbocycles. The highest BCUT2D eigenvalue weighted by Crippen LogP contribution is 2.34. The molecule has 1 atom stereocenters. The van der Waals surface area contributed by atoms with Gasteiger partial charge in [0.05, 0.1) is 16.3 Å². The lowest BCUT2D eigenvalue weighted by Gasteiger charge is -2.10. The number of nitrogen functional groups attached to an aromatic ring is 1. The van der Waals surface area contributed by atoms with Crippen molar-refractivity contribution in [2.45, 2.75) is 57.1 Å². The molecular weight excluding hydrogens is 372 g/mol. The van der Waals surface area contributed by atoms with Crippen LogP contribution in [0.1, 0.15) is 43.5 Å². The fraction of sp³-hybridized carbons (Fsp3) is 0.500. The average Bonchev–Trinajstić information content (AvgIpc) is 3.45. The van der Waals surface area contributed by atoms with Crippen molar-refractivity contribution in [3.05, 3.63) is 36.0 Å². The van der Waals surface area contributed by atoms with Crippen molar-refractivity contribution >= 4 is 27.7 Å². The molecule has 1 aliphatic carbocycles. The first-order valence-corrected chi connectivity index (χ1v) is 11.2. The predicted molar refractivity (Wildman–Crippen MR) is 110 cm³/mol. The van der Waals surface area contributed by atoms with Gasteiger partial charge in [-0.05, 0) is 50.2 Å². The Kier molecular flexibility index (Phi) is 5.66. The van der Waals surface area contributed by atoms with E-state index >= 15 is 0 Å². The van der Waals surface area contributed by atoms with Crippen molar-refractivity contribution in [2.24, 2.45) is 5.92 Å². The molecule has 1 aliphatic rings. The molecule has 28 heavy (non-hydrogen) atoms. The number of anilines is 1. The number of rotatable bonds is 9. The number of pyridine rings is 1. The van der Waals surface area contributed by atoms with Crippen LogP contribution in [-0.4, -0.2) is 34.5 Å². The molecule has 3 heterocycles. The second-order valence-electron chi connectivity index (χ2n) is 7.49. The van der Waals surface area contributed by atoms with Crippen molar-refractivity contribution in [1.29, 1.82) is 0 Å². The van der Waals surface area contributed by atoms with E-state index in [0.717, 1.165) is 60.6 Å². The molecule has 0 bridgehead atoms. The van der Waals surface area contributed by atoms with Crippen LogP contribution in [0.4, 0.5) is 5.82 Å². The van der Waals surface area contributed by atoms with Crippen molar-refractivity contribution in [3.8, 4) is 0 Å². The molecule has 0 amide bonds. The monoisotopic (exact) mass is 398 g/mol. The summed E-state index contributed by atoms with van der Waals surface area (Å²) >= 11 is 0. The summed E-state index contributed by atoms with van der Waals surface area (Å²) < 4.78 is 14.6. The minimum absolute atomic E-state index is 0.424. The number of nitrogens with zero attached hydrogens (tertiary/aromatic N) is 5. The van der Waals surface area contributed by atoms with E-state index in [4.69, 9.17) is 10.7 Å². The second-order valence-corrected chi connectivity index (χ2v) is 8.96. The molecule has 0 aliphatic heterocycles. The zero-order valence-corrected chi connectivity index (χ0v) is 17.0. The van der Waals surface area contributed by atoms with E-state index < -0.39 is 10.8 Å². The fourth-order valence-corrected chi connectivity index (χ4v) is 4.52. The minimum Gasteiger partial charge on any atom is -0.382 e. The second kappa shape index (κ2) is 8.34. The van der Waals surface area contributed by atoms with Gasteiger partial charge in [-0.2, -0.15) is 0 Å². The van der Waals surface area contributed by atoms with Crippen LogP contribution in [0, 0.1) is 12.8 Å². The molecule has 0 radical (unpaired) electrons. The molecule has 0 spiro atoms. The number of hydrogen-bond acceptors (Lipinski definition) is 6. The molecule has 148 valence electrons. The topological polar surface area (TPSA) is 99.6 Å². The van der Waals surface area contributed by atoms with Crippen LogP contribution in [0.3, 0.4) is 0 Å². The maximum absolute atomic E-state index is 12.2. The zero-order chi connectivity index (χ0) is 19.5. The van der Waals surface area contributed by atoms with Gasteiger partial charge in [0.15, 0.2) is 5.82 Å². The molecule has 7 nitrogen and oxygen atoms in total. The van der Waals surface area contributed by atoms with E-state index in [9.17, 15) is 4.21 Å². The van der Waals surface area contributed by atoms with Crippen LogP contribution >= 0.6 is 0 Å². The number of aromatic nitrogens is 5. The van der Waals surface area contributed by atoms with Crippen LogP contribution in [-0.2, 0) is 23.8 Å². The van der Waals surface area contributed by atoms with Crippen LogP contribution in [0.25, 0.3) is 11.0 Å². The van der Waals surface area contributed by atoms with Gasteiger partial charge in [-0.25, -0.2) is 19.9 Å². The van der Waals surface area contributed by atoms with Crippen LogP contribution in [0.5, 0.6) is 0 Å². The highest BCUT2D eigenvalue weighted by Gasteiger charge is 2.25. The average molecular weight is 399 g/mol. The molecule has 1 unspecified atom stereocenters. The Bertz CT molecular complexity index is 983. The summed E-state index contributed by atoms with van der Waals surface area (Å²) in [4.78, 5) is 17.2. The van der Waals surface area contributed by atoms with Gasteiger partial charge in [0.1, 0.15) is 11.3 Å². The minimum atomic E-state index is -1.12. The Morgan fingerprint density at radius 2 is 1.96 bits per heavy atom. The Morgan fingerprint density at radius 1 is 1.18 bits per heavy atom. The van der Waals surface area contributed by atoms with E-state index in [2.05, 4.69) is 26.4 Å². The summed E-state index contributed by atoms with van der Waals surface area (Å²) in [6.07, 6.45) is 11.6. The van der Waals surface area contributed by atoms with Gasteiger partial charge in [0, 0.05) is 37.3 Å². The van der Waals surface area contributed by atoms with Gasteiger partial charge in [-0.15, -0.1) is 0 Å². The lowest BCUT2D eigenvalue weighted by atomic mass is 10.2. The first-order chi connectivity index (χ1) is 13.6. The summed E-state index contributed by atoms with van der Waals surface area (Å²) in [6.45, 7) is 2.97. The maximum atomic E-state index is 12.2. The third-order valence-corrected chi connectivity index (χ3v) is 6.46. The van der Waals surface area contributed by atoms with Crippen molar-refractivity contribution in [1.82, 2.24) is 24.5 Å². The summed E-state index contributed by atoms with van der Waals surface area (Å²) in [5, 5.41) is 0.424. The van der Waals surface area contributed by atoms with Gasteiger partial charge < -0.3 is 10.3 Å². The molecule has 1 fully saturated rings. The lowest BCUT2D eigenvalue weighted by Crippen LogP contribution is -2.07. The van der Waals surface area contributed by atoms with Crippen LogP contribution in [0.2, 0.25) is 0 Å². The third kappa shape index (κ3) is 4.22. The van der Waals surface area contributed by atoms with Gasteiger partial charge in [0.25, 0.3) is 0 Å². The number of aryl methyl sites for hydroxylation is 2. The standard InChI is InChI=1S/C20H26N6OS/c1-14-13-24-19(21)17-18(14)26(16(25-17)12-15-6-7-15)10-3-2-4-11-28(27)20-22-8-5-9-23-20/h5,8-9,13,15H,2-4,6-7,10-12H2,1H3,(H2,21,24). The highest BCUT2D eigenvalue weighted by molar-refractivity contribution is 7.84. The van der Waals surface area contributed by atoms with E-state index in [1.54, 1.807) is 18.5 Å². The molecule has 3 aromatic rings. The number of nitrogens with two attached hydrogens (primary N) is 1. The quantitative estimate of drug-likeness (QED) is 0.439. The summed E-state index contributed by atoms with van der Waals surface area (Å²) in [6, 6.07) is 1.74. The fourth-order valence-electron chi connectivity index (χ4n) is 3.52.